The van der Waals surface area contributed by atoms with E-state index in [-0.39, 0.29) is 4.21 Å². The second-order valence-electron chi connectivity index (χ2n) is 2.50. The lowest BCUT2D eigenvalue weighted by atomic mass is 10.6. The van der Waals surface area contributed by atoms with E-state index in [2.05, 4.69) is 5.43 Å². The zero-order valence-electron chi connectivity index (χ0n) is 6.88. The quantitative estimate of drug-likeness (QED) is 0.760. The molecule has 0 fully saturated rings. The molecule has 1 aliphatic rings. The molecule has 0 saturated carbocycles. The van der Waals surface area contributed by atoms with E-state index in [0.717, 1.165) is 17.0 Å². The largest absolute Gasteiger partial charge is 0.295 e. The van der Waals surface area contributed by atoms with E-state index in [9.17, 15) is 8.42 Å². The molecule has 2 heterocycles. The van der Waals surface area contributed by atoms with Gasteiger partial charge in [0.2, 0.25) is 10.0 Å². The molecule has 1 aromatic rings. The molecule has 5 nitrogen and oxygen atoms in total. The van der Waals surface area contributed by atoms with Crippen LogP contribution in [0.5, 0.6) is 0 Å². The second-order valence-corrected chi connectivity index (χ2v) is 6.05. The predicted octanol–water partition coefficient (Wildman–Crippen LogP) is 0.840. The van der Waals surface area contributed by atoms with E-state index in [1.54, 1.807) is 16.0 Å². The van der Waals surface area contributed by atoms with Gasteiger partial charge in [-0.15, -0.1) is 11.3 Å². The number of nitrogens with zero attached hydrogens (tertiary/aromatic N) is 1. The Morgan fingerprint density at radius 2 is 2.29 bits per heavy atom. The standard InChI is InChI=1S/C6H7N3O2S3/c7-14(10,11)6-3-5(4-12-6)9-8-1-2-13-9/h1-4,8H,(H2,7,10,11). The van der Waals surface area contributed by atoms with Gasteiger partial charge in [-0.2, -0.15) is 0 Å². The Morgan fingerprint density at radius 3 is 2.79 bits per heavy atom. The monoisotopic (exact) mass is 249 g/mol. The molecular weight excluding hydrogens is 242 g/mol. The topological polar surface area (TPSA) is 75.4 Å². The fourth-order valence-electron chi connectivity index (χ4n) is 0.918. The van der Waals surface area contributed by atoms with Gasteiger partial charge in [-0.25, -0.2) is 18.0 Å². The van der Waals surface area contributed by atoms with Crippen LogP contribution in [0, 0.1) is 0 Å². The normalized spacial score (nSPS) is 15.9. The van der Waals surface area contributed by atoms with Crippen LogP contribution in [0.15, 0.2) is 27.3 Å². The summed E-state index contributed by atoms with van der Waals surface area (Å²) in [6.07, 6.45) is 1.76. The lowest BCUT2D eigenvalue weighted by Gasteiger charge is -2.13. The van der Waals surface area contributed by atoms with Crippen molar-refractivity contribution in [3.8, 4) is 0 Å². The molecule has 1 aliphatic heterocycles. The molecule has 76 valence electrons. The number of rotatable bonds is 2. The maximum Gasteiger partial charge on any atom is 0.247 e. The maximum atomic E-state index is 11.0. The van der Waals surface area contributed by atoms with Crippen molar-refractivity contribution in [2.75, 3.05) is 4.41 Å². The third-order valence-electron chi connectivity index (χ3n) is 1.50. The molecule has 0 aromatic carbocycles. The van der Waals surface area contributed by atoms with E-state index in [1.165, 1.54) is 18.0 Å². The van der Waals surface area contributed by atoms with Crippen LogP contribution in [0.25, 0.3) is 0 Å². The third-order valence-corrected chi connectivity index (χ3v) is 4.66. The van der Waals surface area contributed by atoms with Crippen LogP contribution in [-0.4, -0.2) is 8.42 Å². The number of hydrazine groups is 1. The summed E-state index contributed by atoms with van der Waals surface area (Å²) in [5.41, 5.74) is 3.70. The van der Waals surface area contributed by atoms with Gasteiger partial charge < -0.3 is 0 Å². The Balaban J connectivity index is 2.26. The lowest BCUT2D eigenvalue weighted by molar-refractivity contribution is 0.600. The molecule has 0 unspecified atom stereocenters. The van der Waals surface area contributed by atoms with Gasteiger partial charge in [0, 0.05) is 28.9 Å². The van der Waals surface area contributed by atoms with Gasteiger partial charge in [0.15, 0.2) is 0 Å². The Morgan fingerprint density at radius 1 is 1.50 bits per heavy atom. The molecule has 0 bridgehead atoms. The molecule has 0 radical (unpaired) electrons. The summed E-state index contributed by atoms with van der Waals surface area (Å²) in [6.45, 7) is 0. The minimum absolute atomic E-state index is 0.168. The first kappa shape index (κ1) is 9.84. The molecule has 0 spiro atoms. The highest BCUT2D eigenvalue weighted by Gasteiger charge is 2.15. The number of thiophene rings is 1. The summed E-state index contributed by atoms with van der Waals surface area (Å²) < 4.78 is 23.9. The molecule has 2 rings (SSSR count). The van der Waals surface area contributed by atoms with Gasteiger partial charge in [0.25, 0.3) is 0 Å². The van der Waals surface area contributed by atoms with Gasteiger partial charge in [-0.3, -0.25) is 5.43 Å². The fraction of sp³-hybridized carbons (Fsp3) is 0. The molecule has 0 saturated heterocycles. The molecular formula is C6H7N3O2S3. The van der Waals surface area contributed by atoms with E-state index >= 15 is 0 Å². The first-order valence-electron chi connectivity index (χ1n) is 3.57. The summed E-state index contributed by atoms with van der Waals surface area (Å²) >= 11 is 2.54. The van der Waals surface area contributed by atoms with Crippen LogP contribution < -0.4 is 15.0 Å². The van der Waals surface area contributed by atoms with Crippen molar-refractivity contribution >= 4 is 39.0 Å². The van der Waals surface area contributed by atoms with Gasteiger partial charge in [-0.1, -0.05) is 0 Å². The number of hydrogen-bond acceptors (Lipinski definition) is 6. The highest BCUT2D eigenvalue weighted by atomic mass is 32.2. The number of hydrogen-bond donors (Lipinski definition) is 2. The zero-order chi connectivity index (χ0) is 10.2. The van der Waals surface area contributed by atoms with Gasteiger partial charge in [0.1, 0.15) is 4.21 Å². The third kappa shape index (κ3) is 1.87. The summed E-state index contributed by atoms with van der Waals surface area (Å²) in [7, 11) is -3.58. The van der Waals surface area contributed by atoms with Crippen LogP contribution in [0.4, 0.5) is 5.69 Å². The highest BCUT2D eigenvalue weighted by molar-refractivity contribution is 8.03. The van der Waals surface area contributed by atoms with Crippen molar-refractivity contribution in [3.05, 3.63) is 23.1 Å². The van der Waals surface area contributed by atoms with Crippen molar-refractivity contribution in [1.29, 1.82) is 0 Å². The molecule has 0 atom stereocenters. The minimum atomic E-state index is -3.58. The van der Waals surface area contributed by atoms with Crippen molar-refractivity contribution in [1.82, 2.24) is 5.43 Å². The van der Waals surface area contributed by atoms with Gasteiger partial charge in [0.05, 0.1) is 5.69 Å². The lowest BCUT2D eigenvalue weighted by Crippen LogP contribution is -2.21. The number of nitrogens with one attached hydrogen (secondary N) is 1. The molecule has 14 heavy (non-hydrogen) atoms. The minimum Gasteiger partial charge on any atom is -0.295 e. The van der Waals surface area contributed by atoms with E-state index in [1.807, 2.05) is 5.41 Å². The van der Waals surface area contributed by atoms with Crippen LogP contribution >= 0.6 is 23.3 Å². The van der Waals surface area contributed by atoms with Crippen molar-refractivity contribution in [2.45, 2.75) is 4.21 Å². The summed E-state index contributed by atoms with van der Waals surface area (Å²) in [6, 6.07) is 1.53. The van der Waals surface area contributed by atoms with E-state index in [0.29, 0.717) is 0 Å². The highest BCUT2D eigenvalue weighted by Crippen LogP contribution is 2.30. The average molecular weight is 249 g/mol. The molecule has 8 heteroatoms. The molecule has 0 amide bonds. The zero-order valence-corrected chi connectivity index (χ0v) is 9.32. The Bertz CT molecular complexity index is 456. The van der Waals surface area contributed by atoms with Crippen molar-refractivity contribution < 1.29 is 8.42 Å². The number of sulfonamides is 1. The summed E-state index contributed by atoms with van der Waals surface area (Å²) in [5, 5.41) is 8.57. The first-order chi connectivity index (χ1) is 6.57. The Labute approximate surface area is 89.7 Å². The molecule has 3 N–H and O–H groups in total. The Hall–Kier alpha value is -0.700. The van der Waals surface area contributed by atoms with Crippen LogP contribution in [-0.2, 0) is 10.0 Å². The first-order valence-corrected chi connectivity index (χ1v) is 6.83. The van der Waals surface area contributed by atoms with Crippen LogP contribution in [0.3, 0.4) is 0 Å². The van der Waals surface area contributed by atoms with Gasteiger partial charge >= 0.3 is 0 Å². The van der Waals surface area contributed by atoms with E-state index in [4.69, 9.17) is 5.14 Å². The smallest absolute Gasteiger partial charge is 0.247 e. The van der Waals surface area contributed by atoms with Crippen molar-refractivity contribution in [2.24, 2.45) is 5.14 Å². The van der Waals surface area contributed by atoms with Crippen LogP contribution in [0.1, 0.15) is 0 Å². The number of primary sulfonamides is 1. The SMILES string of the molecule is NS(=O)(=O)c1cc(N2NC=CS2)cs1. The maximum absolute atomic E-state index is 11.0. The summed E-state index contributed by atoms with van der Waals surface area (Å²) in [5.74, 6) is 0. The molecule has 0 aliphatic carbocycles. The number of anilines is 1. The average Bonchev–Trinajstić information content (AvgIpc) is 2.73. The van der Waals surface area contributed by atoms with Gasteiger partial charge in [-0.05, 0) is 6.07 Å². The van der Waals surface area contributed by atoms with E-state index < -0.39 is 10.0 Å². The fourth-order valence-corrected chi connectivity index (χ4v) is 3.14. The van der Waals surface area contributed by atoms with Crippen molar-refractivity contribution in [3.63, 3.8) is 0 Å². The second kappa shape index (κ2) is 3.46. The summed E-state index contributed by atoms with van der Waals surface area (Å²) in [4.78, 5) is 0. The van der Waals surface area contributed by atoms with Crippen LogP contribution in [0.2, 0.25) is 0 Å². The Kier molecular flexibility index (Phi) is 2.43. The molecule has 1 aromatic heterocycles. The number of nitrogens with two attached hydrogens (primary N) is 1. The predicted molar refractivity (Wildman–Crippen MR) is 58.0 cm³/mol.